The lowest BCUT2D eigenvalue weighted by Gasteiger charge is -2.11. The average Bonchev–Trinajstić information content (AvgIpc) is 3.00. The Balaban J connectivity index is 1.69. The number of halogens is 3. The zero-order valence-electron chi connectivity index (χ0n) is 18.5. The van der Waals surface area contributed by atoms with Gasteiger partial charge in [0.2, 0.25) is 0 Å². The van der Waals surface area contributed by atoms with Crippen molar-refractivity contribution in [2.45, 2.75) is 33.9 Å². The molecule has 2 N–H and O–H groups in total. The van der Waals surface area contributed by atoms with Gasteiger partial charge in [-0.15, -0.1) is 0 Å². The molecule has 3 rings (SSSR count). The molecule has 2 aromatic carbocycles. The maximum Gasteiger partial charge on any atom is 0.416 e. The number of hydrogen-bond acceptors (Lipinski definition) is 3. The highest BCUT2D eigenvalue weighted by Crippen LogP contribution is 2.30. The van der Waals surface area contributed by atoms with Gasteiger partial charge >= 0.3 is 18.0 Å². The Bertz CT molecular complexity index is 1220. The van der Waals surface area contributed by atoms with Gasteiger partial charge in [-0.2, -0.15) is 18.3 Å². The largest absolute Gasteiger partial charge is 0.416 e. The van der Waals surface area contributed by atoms with Crippen molar-refractivity contribution in [1.29, 1.82) is 0 Å². The van der Waals surface area contributed by atoms with Crippen LogP contribution in [-0.4, -0.2) is 22.6 Å². The number of rotatable bonds is 4. The van der Waals surface area contributed by atoms with Crippen LogP contribution in [0.4, 0.5) is 18.9 Å². The van der Waals surface area contributed by atoms with Crippen molar-refractivity contribution in [2.75, 3.05) is 5.32 Å². The molecule has 0 fully saturated rings. The standard InChI is InChI=1S/C24H23F3N4O2/c1-14-8-15(2)10-21(9-14)31-16(3)11-18(17(31)4)13-28-30-23(33)22(32)29-20-7-5-6-19(12-20)24(25,26)27/h5-13H,1-4H3,(H,29,32)(H,30,33)/b28-13-. The van der Waals surface area contributed by atoms with E-state index < -0.39 is 23.6 Å². The molecule has 3 aromatic rings. The normalized spacial score (nSPS) is 11.6. The predicted octanol–water partition coefficient (Wildman–Crippen LogP) is 4.82. The van der Waals surface area contributed by atoms with Crippen LogP contribution in [0, 0.1) is 27.7 Å². The molecule has 0 saturated carbocycles. The van der Waals surface area contributed by atoms with E-state index in [1.54, 1.807) is 0 Å². The second-order valence-electron chi connectivity index (χ2n) is 7.74. The number of aryl methyl sites for hydroxylation is 3. The van der Waals surface area contributed by atoms with E-state index >= 15 is 0 Å². The average molecular weight is 456 g/mol. The van der Waals surface area contributed by atoms with Crippen LogP contribution in [0.3, 0.4) is 0 Å². The maximum absolute atomic E-state index is 12.8. The lowest BCUT2D eigenvalue weighted by molar-refractivity contribution is -0.137. The molecule has 1 heterocycles. The Morgan fingerprint density at radius 3 is 2.24 bits per heavy atom. The number of alkyl halides is 3. The quantitative estimate of drug-likeness (QED) is 0.336. The second kappa shape index (κ2) is 9.32. The Kier molecular flexibility index (Phi) is 6.71. The van der Waals surface area contributed by atoms with Gasteiger partial charge in [-0.3, -0.25) is 9.59 Å². The number of nitrogens with one attached hydrogen (secondary N) is 2. The molecule has 33 heavy (non-hydrogen) atoms. The molecule has 0 aliphatic rings. The Hall–Kier alpha value is -3.88. The van der Waals surface area contributed by atoms with Crippen molar-refractivity contribution in [1.82, 2.24) is 9.99 Å². The highest BCUT2D eigenvalue weighted by Gasteiger charge is 2.30. The van der Waals surface area contributed by atoms with Gasteiger partial charge in [-0.05, 0) is 75.2 Å². The molecule has 0 spiro atoms. The lowest BCUT2D eigenvalue weighted by atomic mass is 10.1. The molecule has 0 aliphatic heterocycles. The number of anilines is 1. The summed E-state index contributed by atoms with van der Waals surface area (Å²) in [4.78, 5) is 24.0. The number of hydrogen-bond donors (Lipinski definition) is 2. The molecule has 172 valence electrons. The summed E-state index contributed by atoms with van der Waals surface area (Å²) in [5, 5.41) is 5.96. The molecule has 0 aliphatic carbocycles. The van der Waals surface area contributed by atoms with E-state index in [2.05, 4.69) is 38.6 Å². The minimum atomic E-state index is -4.56. The van der Waals surface area contributed by atoms with Gasteiger partial charge in [0.25, 0.3) is 0 Å². The van der Waals surface area contributed by atoms with E-state index in [-0.39, 0.29) is 5.69 Å². The zero-order chi connectivity index (χ0) is 24.3. The summed E-state index contributed by atoms with van der Waals surface area (Å²) in [5.74, 6) is -2.24. The first kappa shape index (κ1) is 23.8. The van der Waals surface area contributed by atoms with Gasteiger partial charge in [0.15, 0.2) is 0 Å². The van der Waals surface area contributed by atoms with Crippen LogP contribution in [0.25, 0.3) is 5.69 Å². The van der Waals surface area contributed by atoms with Crippen molar-refractivity contribution >= 4 is 23.7 Å². The molecule has 9 heteroatoms. The molecule has 6 nitrogen and oxygen atoms in total. The Labute approximate surface area is 189 Å². The SMILES string of the molecule is Cc1cc(C)cc(-n2c(C)cc(/C=N\NC(=O)C(=O)Nc3cccc(C(F)(F)F)c3)c2C)c1. The number of nitrogens with zero attached hydrogens (tertiary/aromatic N) is 2. The minimum Gasteiger partial charge on any atom is -0.318 e. The maximum atomic E-state index is 12.8. The molecule has 2 amide bonds. The minimum absolute atomic E-state index is 0.147. The van der Waals surface area contributed by atoms with Crippen molar-refractivity contribution in [3.63, 3.8) is 0 Å². The summed E-state index contributed by atoms with van der Waals surface area (Å²) in [6.07, 6.45) is -3.15. The topological polar surface area (TPSA) is 75.5 Å². The first-order chi connectivity index (χ1) is 15.5. The predicted molar refractivity (Wildman–Crippen MR) is 121 cm³/mol. The van der Waals surface area contributed by atoms with E-state index in [0.29, 0.717) is 0 Å². The molecule has 0 saturated heterocycles. The summed E-state index contributed by atoms with van der Waals surface area (Å²) in [5.41, 5.74) is 6.88. The van der Waals surface area contributed by atoms with Crippen molar-refractivity contribution in [2.24, 2.45) is 5.10 Å². The van der Waals surface area contributed by atoms with Crippen LogP contribution < -0.4 is 10.7 Å². The van der Waals surface area contributed by atoms with Gasteiger partial charge in [-0.25, -0.2) is 5.43 Å². The van der Waals surface area contributed by atoms with Crippen molar-refractivity contribution < 1.29 is 22.8 Å². The van der Waals surface area contributed by atoms with Crippen molar-refractivity contribution in [3.8, 4) is 5.69 Å². The highest BCUT2D eigenvalue weighted by atomic mass is 19.4. The molecule has 0 atom stereocenters. The lowest BCUT2D eigenvalue weighted by Crippen LogP contribution is -2.32. The van der Waals surface area contributed by atoms with Crippen LogP contribution in [0.5, 0.6) is 0 Å². The number of hydrazone groups is 1. The fourth-order valence-corrected chi connectivity index (χ4v) is 3.57. The fourth-order valence-electron chi connectivity index (χ4n) is 3.57. The van der Waals surface area contributed by atoms with Gasteiger partial charge in [0.05, 0.1) is 11.8 Å². The summed E-state index contributed by atoms with van der Waals surface area (Å²) in [6.45, 7) is 7.90. The Morgan fingerprint density at radius 1 is 0.939 bits per heavy atom. The summed E-state index contributed by atoms with van der Waals surface area (Å²) in [7, 11) is 0. The van der Waals surface area contributed by atoms with Gasteiger partial charge in [0, 0.05) is 28.3 Å². The highest BCUT2D eigenvalue weighted by molar-refractivity contribution is 6.39. The van der Waals surface area contributed by atoms with Gasteiger partial charge in [0.1, 0.15) is 0 Å². The molecule has 0 bridgehead atoms. The second-order valence-corrected chi connectivity index (χ2v) is 7.74. The molecule has 0 radical (unpaired) electrons. The zero-order valence-corrected chi connectivity index (χ0v) is 18.5. The third kappa shape index (κ3) is 5.68. The van der Waals surface area contributed by atoms with E-state index in [9.17, 15) is 22.8 Å². The van der Waals surface area contributed by atoms with E-state index in [1.165, 1.54) is 12.3 Å². The summed E-state index contributed by atoms with van der Waals surface area (Å²) >= 11 is 0. The van der Waals surface area contributed by atoms with Gasteiger partial charge < -0.3 is 9.88 Å². The molecule has 0 unspecified atom stereocenters. The number of benzene rings is 2. The van der Waals surface area contributed by atoms with Crippen LogP contribution in [0.15, 0.2) is 53.6 Å². The van der Waals surface area contributed by atoms with Crippen LogP contribution >= 0.6 is 0 Å². The van der Waals surface area contributed by atoms with Crippen LogP contribution in [0.2, 0.25) is 0 Å². The van der Waals surface area contributed by atoms with E-state index in [1.807, 2.05) is 33.8 Å². The van der Waals surface area contributed by atoms with Crippen LogP contribution in [0.1, 0.15) is 33.6 Å². The number of carbonyl (C=O) groups excluding carboxylic acids is 2. The summed E-state index contributed by atoms with van der Waals surface area (Å²) in [6, 6.07) is 12.1. The van der Waals surface area contributed by atoms with E-state index in [4.69, 9.17) is 0 Å². The summed E-state index contributed by atoms with van der Waals surface area (Å²) < 4.78 is 40.4. The third-order valence-corrected chi connectivity index (χ3v) is 4.96. The first-order valence-corrected chi connectivity index (χ1v) is 10.0. The van der Waals surface area contributed by atoms with Crippen LogP contribution in [-0.2, 0) is 15.8 Å². The smallest absolute Gasteiger partial charge is 0.318 e. The fraction of sp³-hybridized carbons (Fsp3) is 0.208. The number of aromatic nitrogens is 1. The number of carbonyl (C=O) groups is 2. The molecular weight excluding hydrogens is 433 g/mol. The molecular formula is C24H23F3N4O2. The molecule has 1 aromatic heterocycles. The van der Waals surface area contributed by atoms with Gasteiger partial charge in [-0.1, -0.05) is 12.1 Å². The van der Waals surface area contributed by atoms with E-state index in [0.717, 1.165) is 52.0 Å². The van der Waals surface area contributed by atoms with Crippen molar-refractivity contribution in [3.05, 3.63) is 82.2 Å². The monoisotopic (exact) mass is 456 g/mol. The number of amides is 2. The third-order valence-electron chi connectivity index (χ3n) is 4.96. The first-order valence-electron chi connectivity index (χ1n) is 10.0. The Morgan fingerprint density at radius 2 is 1.61 bits per heavy atom.